The van der Waals surface area contributed by atoms with E-state index in [-0.39, 0.29) is 0 Å². The Morgan fingerprint density at radius 1 is 1.44 bits per heavy atom. The van der Waals surface area contributed by atoms with Crippen molar-refractivity contribution >= 4 is 41.6 Å². The van der Waals surface area contributed by atoms with E-state index in [1.165, 1.54) is 12.8 Å². The minimum atomic E-state index is 1.01. The van der Waals surface area contributed by atoms with Crippen molar-refractivity contribution < 1.29 is 0 Å². The summed E-state index contributed by atoms with van der Waals surface area (Å²) in [5, 5.41) is 0. The molecule has 1 aliphatic heterocycles. The van der Waals surface area contributed by atoms with Crippen LogP contribution < -0.4 is 0 Å². The Morgan fingerprint density at radius 2 is 2.00 bits per heavy atom. The first-order valence-corrected chi connectivity index (χ1v) is 6.18. The van der Waals surface area contributed by atoms with Crippen molar-refractivity contribution in [2.24, 2.45) is 0 Å². The molecule has 0 aromatic carbocycles. The first-order valence-electron chi connectivity index (χ1n) is 2.93. The van der Waals surface area contributed by atoms with Crippen LogP contribution in [0, 0.1) is 0 Å². The van der Waals surface area contributed by atoms with Crippen LogP contribution in [-0.4, -0.2) is 37.2 Å². The van der Waals surface area contributed by atoms with Crippen LogP contribution >= 0.6 is 22.4 Å². The van der Waals surface area contributed by atoms with E-state index >= 15 is 0 Å². The van der Waals surface area contributed by atoms with Crippen molar-refractivity contribution in [1.29, 1.82) is 0 Å². The fourth-order valence-corrected chi connectivity index (χ4v) is 2.09. The van der Waals surface area contributed by atoms with Gasteiger partial charge in [0.25, 0.3) is 0 Å². The van der Waals surface area contributed by atoms with E-state index in [1.54, 1.807) is 10.2 Å². The number of likely N-dealkylation sites (tertiary alicyclic amines) is 1. The van der Waals surface area contributed by atoms with Gasteiger partial charge in [0.05, 0.1) is 0 Å². The molecule has 0 saturated carbocycles. The Bertz CT molecular complexity index is 112. The van der Waals surface area contributed by atoms with Crippen LogP contribution in [0.3, 0.4) is 0 Å². The molecule has 0 unspecified atom stereocenters. The van der Waals surface area contributed by atoms with Gasteiger partial charge in [-0.15, -0.1) is 0 Å². The van der Waals surface area contributed by atoms with Crippen LogP contribution in [0.4, 0.5) is 0 Å². The summed E-state index contributed by atoms with van der Waals surface area (Å²) < 4.78 is 1.01. The Hall–Kier alpha value is 0.759. The van der Waals surface area contributed by atoms with Crippen LogP contribution in [-0.2, 0) is 0 Å². The normalized spacial score (nSPS) is 18.6. The third kappa shape index (κ3) is 2.11. The maximum atomic E-state index is 5.07. The zero-order valence-corrected chi connectivity index (χ0v) is 8.35. The van der Waals surface area contributed by atoms with E-state index in [0.29, 0.717) is 0 Å². The van der Waals surface area contributed by atoms with E-state index < -0.39 is 0 Å². The molecule has 4 heteroatoms. The molecule has 0 atom stereocenters. The second-order valence-corrected chi connectivity index (χ2v) is 4.29. The molecule has 0 bridgehead atoms. The van der Waals surface area contributed by atoms with Gasteiger partial charge < -0.3 is 0 Å². The second-order valence-electron chi connectivity index (χ2n) is 2.04. The molecule has 1 heterocycles. The molecule has 1 saturated heterocycles. The zero-order valence-electron chi connectivity index (χ0n) is 5.00. The predicted octanol–water partition coefficient (Wildman–Crippen LogP) is 1.18. The molecule has 1 radical (unpaired) electrons. The van der Waals surface area contributed by atoms with E-state index in [1.807, 2.05) is 0 Å². The van der Waals surface area contributed by atoms with Gasteiger partial charge in [-0.05, 0) is 0 Å². The van der Waals surface area contributed by atoms with E-state index in [4.69, 9.17) is 12.2 Å². The average molecular weight is 225 g/mol. The Labute approximate surface area is 72.4 Å². The summed E-state index contributed by atoms with van der Waals surface area (Å²) in [5.74, 6) is 0. The van der Waals surface area contributed by atoms with Crippen molar-refractivity contribution in [2.45, 2.75) is 12.8 Å². The van der Waals surface area contributed by atoms with Gasteiger partial charge in [-0.1, -0.05) is 0 Å². The van der Waals surface area contributed by atoms with Gasteiger partial charge in [-0.25, -0.2) is 0 Å². The Balaban J connectivity index is 2.32. The number of thiocarbonyl (C=S) groups is 1. The topological polar surface area (TPSA) is 3.24 Å². The summed E-state index contributed by atoms with van der Waals surface area (Å²) in [5.41, 5.74) is 0. The quantitative estimate of drug-likeness (QED) is 0.450. The van der Waals surface area contributed by atoms with E-state index in [9.17, 15) is 0 Å². The third-order valence-electron chi connectivity index (χ3n) is 1.44. The molecule has 1 nitrogen and oxygen atoms in total. The monoisotopic (exact) mass is 226 g/mol. The summed E-state index contributed by atoms with van der Waals surface area (Å²) in [4.78, 5) is 2.25. The van der Waals surface area contributed by atoms with Crippen LogP contribution in [0.25, 0.3) is 0 Å². The summed E-state index contributed by atoms with van der Waals surface area (Å²) in [7, 11) is 1.55. The minimum absolute atomic E-state index is 1.01. The number of hydrogen-bond acceptors (Lipinski definition) is 2. The molecule has 1 fully saturated rings. The van der Waals surface area contributed by atoms with Gasteiger partial charge in [-0.3, -0.25) is 0 Å². The summed E-state index contributed by atoms with van der Waals surface area (Å²) >= 11 is 7.93. The van der Waals surface area contributed by atoms with Crippen LogP contribution in [0.15, 0.2) is 0 Å². The summed E-state index contributed by atoms with van der Waals surface area (Å²) in [6, 6.07) is 0. The standard InChI is InChI=1S/C5H8NS2Se/c7-5(8-9)6-3-1-2-4-6/h1-4H2. The fraction of sp³-hybridized carbons (Fsp3) is 0.800. The van der Waals surface area contributed by atoms with Gasteiger partial charge >= 0.3 is 72.4 Å². The van der Waals surface area contributed by atoms with Gasteiger partial charge in [0.15, 0.2) is 0 Å². The molecule has 9 heavy (non-hydrogen) atoms. The maximum absolute atomic E-state index is 5.07. The first kappa shape index (κ1) is 7.86. The predicted molar refractivity (Wildman–Crippen MR) is 46.8 cm³/mol. The Morgan fingerprint density at radius 3 is 2.44 bits per heavy atom. The fourth-order valence-electron chi connectivity index (χ4n) is 0.952. The van der Waals surface area contributed by atoms with Gasteiger partial charge in [0.2, 0.25) is 0 Å². The Kier molecular flexibility index (Phi) is 3.33. The molecule has 51 valence electrons. The van der Waals surface area contributed by atoms with Crippen molar-refractivity contribution in [3.8, 4) is 0 Å². The summed E-state index contributed by atoms with van der Waals surface area (Å²) in [6.07, 6.45) is 2.61. The number of rotatable bonds is 0. The molecule has 1 rings (SSSR count). The molecule has 0 aromatic heterocycles. The SMILES string of the molecule is S=C(S[Se])N1CCCC1. The second kappa shape index (κ2) is 3.81. The zero-order chi connectivity index (χ0) is 6.69. The third-order valence-corrected chi connectivity index (χ3v) is 4.05. The van der Waals surface area contributed by atoms with Gasteiger partial charge in [0, 0.05) is 0 Å². The first-order chi connectivity index (χ1) is 4.34. The number of hydrogen-bond donors (Lipinski definition) is 0. The van der Waals surface area contributed by atoms with Crippen LogP contribution in [0.1, 0.15) is 12.8 Å². The van der Waals surface area contributed by atoms with E-state index in [2.05, 4.69) is 19.8 Å². The van der Waals surface area contributed by atoms with Crippen molar-refractivity contribution in [2.75, 3.05) is 13.1 Å². The number of nitrogens with zero attached hydrogens (tertiary/aromatic N) is 1. The molecule has 0 N–H and O–H groups in total. The average Bonchev–Trinajstić information content (AvgIpc) is 2.37. The van der Waals surface area contributed by atoms with Gasteiger partial charge in [0.1, 0.15) is 0 Å². The molecule has 0 spiro atoms. The van der Waals surface area contributed by atoms with Crippen molar-refractivity contribution in [1.82, 2.24) is 4.90 Å². The molecule has 0 aromatic rings. The molecule has 0 aliphatic carbocycles. The van der Waals surface area contributed by atoms with Crippen LogP contribution in [0.5, 0.6) is 0 Å². The molecule has 0 amide bonds. The molecular formula is C5H8NS2Se. The van der Waals surface area contributed by atoms with Gasteiger partial charge in [-0.2, -0.15) is 0 Å². The van der Waals surface area contributed by atoms with Crippen molar-refractivity contribution in [3.05, 3.63) is 0 Å². The van der Waals surface area contributed by atoms with E-state index in [0.717, 1.165) is 17.4 Å². The van der Waals surface area contributed by atoms with Crippen LogP contribution in [0.2, 0.25) is 0 Å². The molecular weight excluding hydrogens is 217 g/mol. The molecule has 1 aliphatic rings. The summed E-state index contributed by atoms with van der Waals surface area (Å²) in [6.45, 7) is 2.32. The van der Waals surface area contributed by atoms with Crippen molar-refractivity contribution in [3.63, 3.8) is 0 Å².